The van der Waals surface area contributed by atoms with Gasteiger partial charge < -0.3 is 10.3 Å². The van der Waals surface area contributed by atoms with Crippen LogP contribution in [0, 0.1) is 5.92 Å². The summed E-state index contributed by atoms with van der Waals surface area (Å²) in [5, 5.41) is 5.02. The molecule has 0 bridgehead atoms. The molecule has 0 fully saturated rings. The van der Waals surface area contributed by atoms with Crippen LogP contribution in [-0.4, -0.2) is 16.7 Å². The number of aromatic amines is 1. The third-order valence-electron chi connectivity index (χ3n) is 3.14. The summed E-state index contributed by atoms with van der Waals surface area (Å²) in [4.78, 5) is 27.5. The van der Waals surface area contributed by atoms with Crippen molar-refractivity contribution in [2.24, 2.45) is 5.92 Å². The topological polar surface area (TPSA) is 62.0 Å². The summed E-state index contributed by atoms with van der Waals surface area (Å²) in [6.45, 7) is 5.62. The fourth-order valence-electron chi connectivity index (χ4n) is 1.98. The molecule has 0 saturated carbocycles. The molecule has 2 heterocycles. The van der Waals surface area contributed by atoms with E-state index in [1.54, 1.807) is 23.6 Å². The molecule has 1 atom stereocenters. The Hall–Kier alpha value is -1.88. The van der Waals surface area contributed by atoms with Crippen LogP contribution in [0.3, 0.4) is 0 Å². The van der Waals surface area contributed by atoms with Gasteiger partial charge >= 0.3 is 0 Å². The van der Waals surface area contributed by atoms with E-state index in [9.17, 15) is 9.59 Å². The van der Waals surface area contributed by atoms with E-state index in [1.807, 2.05) is 17.5 Å². The Morgan fingerprint density at radius 2 is 2.10 bits per heavy atom. The van der Waals surface area contributed by atoms with Gasteiger partial charge in [-0.05, 0) is 30.4 Å². The molecule has 0 aliphatic carbocycles. The highest BCUT2D eigenvalue weighted by molar-refractivity contribution is 7.10. The molecule has 0 spiro atoms. The first-order valence-corrected chi connectivity index (χ1v) is 7.40. The lowest BCUT2D eigenvalue weighted by atomic mass is 10.0. The van der Waals surface area contributed by atoms with Crippen LogP contribution < -0.4 is 5.32 Å². The number of carbonyl (C=O) groups excluding carboxylic acids is 2. The third-order valence-corrected chi connectivity index (χ3v) is 4.09. The number of rotatable bonds is 5. The molecule has 4 nitrogen and oxygen atoms in total. The van der Waals surface area contributed by atoms with Gasteiger partial charge in [-0.15, -0.1) is 11.3 Å². The molecule has 1 unspecified atom stereocenters. The van der Waals surface area contributed by atoms with Gasteiger partial charge in [0.1, 0.15) is 5.69 Å². The van der Waals surface area contributed by atoms with Gasteiger partial charge in [0.05, 0.1) is 6.04 Å². The molecule has 0 aromatic carbocycles. The molecule has 2 aromatic heterocycles. The molecule has 2 aromatic rings. The minimum absolute atomic E-state index is 0.0217. The molecule has 0 radical (unpaired) electrons. The van der Waals surface area contributed by atoms with E-state index in [4.69, 9.17) is 0 Å². The van der Waals surface area contributed by atoms with E-state index in [2.05, 4.69) is 24.1 Å². The predicted octanol–water partition coefficient (Wildman–Crippen LogP) is 3.41. The number of Topliss-reactive ketones (excluding diaryl/α,β-unsaturated/α-hetero) is 1. The van der Waals surface area contributed by atoms with E-state index < -0.39 is 0 Å². The minimum Gasteiger partial charge on any atom is -0.356 e. The maximum atomic E-state index is 12.2. The van der Waals surface area contributed by atoms with Gasteiger partial charge in [0.25, 0.3) is 5.91 Å². The number of hydrogen-bond acceptors (Lipinski definition) is 3. The maximum Gasteiger partial charge on any atom is 0.268 e. The van der Waals surface area contributed by atoms with E-state index in [1.165, 1.54) is 6.92 Å². The second-order valence-electron chi connectivity index (χ2n) is 5.07. The number of ketones is 1. The molecule has 20 heavy (non-hydrogen) atoms. The Labute approximate surface area is 122 Å². The number of hydrogen-bond donors (Lipinski definition) is 2. The zero-order valence-corrected chi connectivity index (χ0v) is 12.6. The smallest absolute Gasteiger partial charge is 0.268 e. The summed E-state index contributed by atoms with van der Waals surface area (Å²) in [6, 6.07) is 5.56. The molecule has 1 amide bonds. The minimum atomic E-state index is -0.190. The molecule has 0 aliphatic rings. The Bertz CT molecular complexity index is 599. The monoisotopic (exact) mass is 290 g/mol. The van der Waals surface area contributed by atoms with Crippen LogP contribution in [0.5, 0.6) is 0 Å². The standard InChI is InChI=1S/C15H18N2O2S/c1-9(2)14(13-5-4-6-20-13)17-15(19)12-7-11(8-16-12)10(3)18/h4-9,14,16H,1-3H3,(H,17,19). The molecule has 2 rings (SSSR count). The number of carbonyl (C=O) groups is 2. The Morgan fingerprint density at radius 1 is 1.35 bits per heavy atom. The van der Waals surface area contributed by atoms with E-state index in [0.717, 1.165) is 4.88 Å². The van der Waals surface area contributed by atoms with Crippen LogP contribution >= 0.6 is 11.3 Å². The van der Waals surface area contributed by atoms with Crippen molar-refractivity contribution in [2.45, 2.75) is 26.8 Å². The average Bonchev–Trinajstić information content (AvgIpc) is 3.05. The van der Waals surface area contributed by atoms with Gasteiger partial charge in [-0.3, -0.25) is 9.59 Å². The first kappa shape index (κ1) is 14.5. The van der Waals surface area contributed by atoms with Crippen LogP contribution in [0.4, 0.5) is 0 Å². The van der Waals surface area contributed by atoms with Gasteiger partial charge in [-0.25, -0.2) is 0 Å². The molecule has 2 N–H and O–H groups in total. The van der Waals surface area contributed by atoms with Crippen LogP contribution in [-0.2, 0) is 0 Å². The summed E-state index contributed by atoms with van der Waals surface area (Å²) < 4.78 is 0. The number of thiophene rings is 1. The average molecular weight is 290 g/mol. The molecular formula is C15H18N2O2S. The lowest BCUT2D eigenvalue weighted by molar-refractivity contribution is 0.0922. The SMILES string of the molecule is CC(=O)c1c[nH]c(C(=O)NC(c2cccs2)C(C)C)c1. The summed E-state index contributed by atoms with van der Waals surface area (Å²) in [5.74, 6) is 0.0448. The second kappa shape index (κ2) is 6.05. The summed E-state index contributed by atoms with van der Waals surface area (Å²) in [6.07, 6.45) is 1.56. The van der Waals surface area contributed by atoms with Crippen molar-refractivity contribution >= 4 is 23.0 Å². The van der Waals surface area contributed by atoms with E-state index >= 15 is 0 Å². The van der Waals surface area contributed by atoms with E-state index in [-0.39, 0.29) is 17.7 Å². The summed E-state index contributed by atoms with van der Waals surface area (Å²) in [5.41, 5.74) is 0.935. The number of aromatic nitrogens is 1. The Morgan fingerprint density at radius 3 is 2.60 bits per heavy atom. The molecule has 0 aliphatic heterocycles. The van der Waals surface area contributed by atoms with Crippen molar-refractivity contribution in [3.8, 4) is 0 Å². The summed E-state index contributed by atoms with van der Waals surface area (Å²) in [7, 11) is 0. The van der Waals surface area contributed by atoms with Crippen molar-refractivity contribution in [1.82, 2.24) is 10.3 Å². The Balaban J connectivity index is 2.14. The van der Waals surface area contributed by atoms with Gasteiger partial charge in [0.15, 0.2) is 5.78 Å². The van der Waals surface area contributed by atoms with Crippen molar-refractivity contribution in [3.05, 3.63) is 45.9 Å². The fourth-order valence-corrected chi connectivity index (χ4v) is 2.93. The highest BCUT2D eigenvalue weighted by atomic mass is 32.1. The third kappa shape index (κ3) is 3.17. The van der Waals surface area contributed by atoms with Crippen molar-refractivity contribution < 1.29 is 9.59 Å². The van der Waals surface area contributed by atoms with Gasteiger partial charge in [0.2, 0.25) is 0 Å². The highest BCUT2D eigenvalue weighted by Crippen LogP contribution is 2.26. The van der Waals surface area contributed by atoms with Crippen LogP contribution in [0.2, 0.25) is 0 Å². The van der Waals surface area contributed by atoms with E-state index in [0.29, 0.717) is 17.2 Å². The molecular weight excluding hydrogens is 272 g/mol. The van der Waals surface area contributed by atoms with Gasteiger partial charge in [-0.2, -0.15) is 0 Å². The zero-order chi connectivity index (χ0) is 14.7. The van der Waals surface area contributed by atoms with Crippen LogP contribution in [0.25, 0.3) is 0 Å². The van der Waals surface area contributed by atoms with Gasteiger partial charge in [0, 0.05) is 16.6 Å². The normalized spacial score (nSPS) is 12.4. The molecule has 5 heteroatoms. The summed E-state index contributed by atoms with van der Waals surface area (Å²) >= 11 is 1.63. The lowest BCUT2D eigenvalue weighted by Gasteiger charge is -2.20. The molecule has 106 valence electrons. The van der Waals surface area contributed by atoms with Crippen LogP contribution in [0.1, 0.15) is 52.5 Å². The van der Waals surface area contributed by atoms with Crippen molar-refractivity contribution in [2.75, 3.05) is 0 Å². The maximum absolute atomic E-state index is 12.2. The van der Waals surface area contributed by atoms with Gasteiger partial charge in [-0.1, -0.05) is 19.9 Å². The number of H-pyrrole nitrogens is 1. The van der Waals surface area contributed by atoms with Crippen molar-refractivity contribution in [1.29, 1.82) is 0 Å². The Kier molecular flexibility index (Phi) is 4.39. The highest BCUT2D eigenvalue weighted by Gasteiger charge is 2.21. The first-order chi connectivity index (χ1) is 9.49. The largest absolute Gasteiger partial charge is 0.356 e. The van der Waals surface area contributed by atoms with Crippen molar-refractivity contribution in [3.63, 3.8) is 0 Å². The second-order valence-corrected chi connectivity index (χ2v) is 6.05. The number of amides is 1. The molecule has 0 saturated heterocycles. The first-order valence-electron chi connectivity index (χ1n) is 6.52. The van der Waals surface area contributed by atoms with Crippen LogP contribution in [0.15, 0.2) is 29.8 Å². The lowest BCUT2D eigenvalue weighted by Crippen LogP contribution is -2.31. The predicted molar refractivity (Wildman–Crippen MR) is 80.2 cm³/mol. The fraction of sp³-hybridized carbons (Fsp3) is 0.333. The zero-order valence-electron chi connectivity index (χ0n) is 11.8. The number of nitrogens with one attached hydrogen (secondary N) is 2. The quantitative estimate of drug-likeness (QED) is 0.829.